The fourth-order valence-corrected chi connectivity index (χ4v) is 2.58. The van der Waals surface area contributed by atoms with Gasteiger partial charge in [-0.15, -0.1) is 0 Å². The normalized spacial score (nSPS) is 16.8. The van der Waals surface area contributed by atoms with Gasteiger partial charge in [-0.25, -0.2) is 0 Å². The Labute approximate surface area is 136 Å². The summed E-state index contributed by atoms with van der Waals surface area (Å²) in [5, 5.41) is 2.89. The number of ether oxygens (including phenoxy) is 2. The van der Waals surface area contributed by atoms with E-state index in [1.54, 1.807) is 24.3 Å². The van der Waals surface area contributed by atoms with Crippen LogP contribution >= 0.6 is 0 Å². The molecular formula is C17H24N2O4. The molecule has 0 aromatic heterocycles. The predicted molar refractivity (Wildman–Crippen MR) is 86.1 cm³/mol. The fourth-order valence-electron chi connectivity index (χ4n) is 2.58. The molecule has 1 fully saturated rings. The molecule has 0 aliphatic carbocycles. The van der Waals surface area contributed by atoms with Crippen LogP contribution < -0.4 is 15.8 Å². The van der Waals surface area contributed by atoms with E-state index >= 15 is 0 Å². The van der Waals surface area contributed by atoms with Crippen LogP contribution in [-0.2, 0) is 14.3 Å². The molecule has 0 radical (unpaired) electrons. The number of hydrogen-bond donors (Lipinski definition) is 2. The SMILES string of the molecule is CC(C)Oc1ccc([C@@H](C(N)=O)C(=O)NC2CCOCC2)cc1. The van der Waals surface area contributed by atoms with Crippen molar-refractivity contribution in [1.82, 2.24) is 5.32 Å². The number of rotatable bonds is 6. The topological polar surface area (TPSA) is 90.7 Å². The van der Waals surface area contributed by atoms with Crippen molar-refractivity contribution in [3.05, 3.63) is 29.8 Å². The van der Waals surface area contributed by atoms with Crippen molar-refractivity contribution in [1.29, 1.82) is 0 Å². The summed E-state index contributed by atoms with van der Waals surface area (Å²) in [6.07, 6.45) is 1.56. The van der Waals surface area contributed by atoms with Gasteiger partial charge in [-0.1, -0.05) is 12.1 Å². The first-order valence-corrected chi connectivity index (χ1v) is 7.91. The Balaban J connectivity index is 2.07. The molecule has 1 aliphatic heterocycles. The summed E-state index contributed by atoms with van der Waals surface area (Å²) >= 11 is 0. The third kappa shape index (κ3) is 4.96. The highest BCUT2D eigenvalue weighted by atomic mass is 16.5. The third-order valence-corrected chi connectivity index (χ3v) is 3.70. The number of benzene rings is 1. The molecule has 1 saturated heterocycles. The number of hydrogen-bond acceptors (Lipinski definition) is 4. The van der Waals surface area contributed by atoms with Crippen LogP contribution in [0, 0.1) is 0 Å². The first-order valence-electron chi connectivity index (χ1n) is 7.91. The molecule has 6 nitrogen and oxygen atoms in total. The molecular weight excluding hydrogens is 296 g/mol. The second-order valence-corrected chi connectivity index (χ2v) is 5.97. The van der Waals surface area contributed by atoms with Crippen molar-refractivity contribution in [3.63, 3.8) is 0 Å². The first-order chi connectivity index (χ1) is 11.0. The molecule has 23 heavy (non-hydrogen) atoms. The molecule has 1 aromatic carbocycles. The molecule has 2 amide bonds. The molecule has 0 unspecified atom stereocenters. The molecule has 0 spiro atoms. The zero-order valence-electron chi connectivity index (χ0n) is 13.6. The van der Waals surface area contributed by atoms with Crippen LogP contribution in [0.4, 0.5) is 0 Å². The van der Waals surface area contributed by atoms with Gasteiger partial charge in [0, 0.05) is 19.3 Å². The lowest BCUT2D eigenvalue weighted by atomic mass is 9.96. The summed E-state index contributed by atoms with van der Waals surface area (Å²) in [4.78, 5) is 24.2. The fraction of sp³-hybridized carbons (Fsp3) is 0.529. The largest absolute Gasteiger partial charge is 0.491 e. The summed E-state index contributed by atoms with van der Waals surface area (Å²) in [7, 11) is 0. The maximum absolute atomic E-state index is 12.4. The van der Waals surface area contributed by atoms with Crippen molar-refractivity contribution >= 4 is 11.8 Å². The zero-order valence-corrected chi connectivity index (χ0v) is 13.6. The highest BCUT2D eigenvalue weighted by Gasteiger charge is 2.28. The van der Waals surface area contributed by atoms with E-state index in [9.17, 15) is 9.59 Å². The third-order valence-electron chi connectivity index (χ3n) is 3.70. The van der Waals surface area contributed by atoms with Gasteiger partial charge in [0.1, 0.15) is 11.7 Å². The number of amides is 2. The molecule has 126 valence electrons. The maximum atomic E-state index is 12.4. The number of primary amides is 1. The van der Waals surface area contributed by atoms with Crippen molar-refractivity contribution < 1.29 is 19.1 Å². The van der Waals surface area contributed by atoms with Gasteiger partial charge >= 0.3 is 0 Å². The van der Waals surface area contributed by atoms with Crippen molar-refractivity contribution in [3.8, 4) is 5.75 Å². The van der Waals surface area contributed by atoms with Crippen LogP contribution in [0.15, 0.2) is 24.3 Å². The smallest absolute Gasteiger partial charge is 0.237 e. The van der Waals surface area contributed by atoms with Crippen molar-refractivity contribution in [2.24, 2.45) is 5.73 Å². The highest BCUT2D eigenvalue weighted by molar-refractivity contribution is 6.05. The summed E-state index contributed by atoms with van der Waals surface area (Å²) in [6, 6.07) is 6.93. The van der Waals surface area contributed by atoms with Gasteiger partial charge in [-0.3, -0.25) is 9.59 Å². The Morgan fingerprint density at radius 1 is 1.22 bits per heavy atom. The van der Waals surface area contributed by atoms with E-state index in [0.717, 1.165) is 12.8 Å². The second-order valence-electron chi connectivity index (χ2n) is 5.97. The minimum Gasteiger partial charge on any atom is -0.491 e. The van der Waals surface area contributed by atoms with E-state index in [2.05, 4.69) is 5.32 Å². The average Bonchev–Trinajstić information content (AvgIpc) is 2.49. The van der Waals surface area contributed by atoms with Gasteiger partial charge in [0.2, 0.25) is 11.8 Å². The minimum absolute atomic E-state index is 0.0293. The minimum atomic E-state index is -0.994. The quantitative estimate of drug-likeness (QED) is 0.774. The summed E-state index contributed by atoms with van der Waals surface area (Å²) in [5.74, 6) is -1.32. The van der Waals surface area contributed by atoms with E-state index in [1.807, 2.05) is 13.8 Å². The Bertz CT molecular complexity index is 536. The van der Waals surface area contributed by atoms with Crippen LogP contribution in [0.2, 0.25) is 0 Å². The molecule has 3 N–H and O–H groups in total. The number of nitrogens with two attached hydrogens (primary N) is 1. The Hall–Kier alpha value is -2.08. The van der Waals surface area contributed by atoms with Crippen LogP contribution in [0.3, 0.4) is 0 Å². The lowest BCUT2D eigenvalue weighted by Crippen LogP contribution is -2.44. The van der Waals surface area contributed by atoms with E-state index in [4.69, 9.17) is 15.2 Å². The first kappa shape index (κ1) is 17.3. The Morgan fingerprint density at radius 3 is 2.35 bits per heavy atom. The Morgan fingerprint density at radius 2 is 1.83 bits per heavy atom. The summed E-state index contributed by atoms with van der Waals surface area (Å²) < 4.78 is 10.8. The molecule has 2 rings (SSSR count). The van der Waals surface area contributed by atoms with Gasteiger partial charge < -0.3 is 20.5 Å². The number of carbonyl (C=O) groups is 2. The van der Waals surface area contributed by atoms with Crippen LogP contribution in [0.25, 0.3) is 0 Å². The van der Waals surface area contributed by atoms with E-state index in [1.165, 1.54) is 0 Å². The monoisotopic (exact) mass is 320 g/mol. The lowest BCUT2D eigenvalue weighted by molar-refractivity contribution is -0.130. The predicted octanol–water partition coefficient (Wildman–Crippen LogP) is 1.34. The molecule has 1 aliphatic rings. The molecule has 1 heterocycles. The summed E-state index contributed by atoms with van der Waals surface area (Å²) in [6.45, 7) is 5.10. The highest BCUT2D eigenvalue weighted by Crippen LogP contribution is 2.21. The Kier molecular flexibility index (Phi) is 5.98. The van der Waals surface area contributed by atoms with Crippen LogP contribution in [-0.4, -0.2) is 37.2 Å². The van der Waals surface area contributed by atoms with Crippen molar-refractivity contribution in [2.45, 2.75) is 44.8 Å². The van der Waals surface area contributed by atoms with E-state index in [-0.39, 0.29) is 18.1 Å². The molecule has 1 atom stereocenters. The van der Waals surface area contributed by atoms with E-state index < -0.39 is 11.8 Å². The van der Waals surface area contributed by atoms with Crippen LogP contribution in [0.1, 0.15) is 38.2 Å². The van der Waals surface area contributed by atoms with Crippen molar-refractivity contribution in [2.75, 3.05) is 13.2 Å². The molecule has 0 saturated carbocycles. The van der Waals surface area contributed by atoms with Gasteiger partial charge in [-0.05, 0) is 44.4 Å². The molecule has 1 aromatic rings. The summed E-state index contributed by atoms with van der Waals surface area (Å²) in [5.41, 5.74) is 6.01. The average molecular weight is 320 g/mol. The van der Waals surface area contributed by atoms with Gasteiger partial charge in [0.15, 0.2) is 0 Å². The zero-order chi connectivity index (χ0) is 16.8. The second kappa shape index (κ2) is 7.97. The van der Waals surface area contributed by atoms with Gasteiger partial charge in [-0.2, -0.15) is 0 Å². The number of nitrogens with one attached hydrogen (secondary N) is 1. The standard InChI is InChI=1S/C17H24N2O4/c1-11(2)23-14-5-3-12(4-6-14)15(16(18)20)17(21)19-13-7-9-22-10-8-13/h3-6,11,13,15H,7-10H2,1-2H3,(H2,18,20)(H,19,21)/t15-/m0/s1. The van der Waals surface area contributed by atoms with Gasteiger partial charge in [0.05, 0.1) is 6.10 Å². The number of carbonyl (C=O) groups excluding carboxylic acids is 2. The van der Waals surface area contributed by atoms with Crippen LogP contribution in [0.5, 0.6) is 5.75 Å². The lowest BCUT2D eigenvalue weighted by Gasteiger charge is -2.25. The molecule has 6 heteroatoms. The maximum Gasteiger partial charge on any atom is 0.237 e. The van der Waals surface area contributed by atoms with E-state index in [0.29, 0.717) is 24.5 Å². The van der Waals surface area contributed by atoms with Gasteiger partial charge in [0.25, 0.3) is 0 Å². The molecule has 0 bridgehead atoms.